The number of aliphatic hydroxyl groups is 1. The quantitative estimate of drug-likeness (QED) is 0.335. The monoisotopic (exact) mass is 524 g/mol. The molecule has 1 aliphatic heterocycles. The molecule has 1 aromatic heterocycles. The van der Waals surface area contributed by atoms with E-state index in [2.05, 4.69) is 6.58 Å². The van der Waals surface area contributed by atoms with E-state index in [1.807, 2.05) is 51.6 Å². The van der Waals surface area contributed by atoms with Crippen molar-refractivity contribution in [1.82, 2.24) is 9.80 Å². The van der Waals surface area contributed by atoms with E-state index in [1.165, 1.54) is 17.0 Å². The van der Waals surface area contributed by atoms with Crippen LogP contribution in [0.5, 0.6) is 5.75 Å². The summed E-state index contributed by atoms with van der Waals surface area (Å²) in [5.74, 6) is 0.198. The van der Waals surface area contributed by atoms with Gasteiger partial charge in [0.1, 0.15) is 18.2 Å². The molecule has 0 unspecified atom stereocenters. The number of halogens is 1. The van der Waals surface area contributed by atoms with E-state index >= 15 is 0 Å². The fourth-order valence-electron chi connectivity index (χ4n) is 4.49. The third kappa shape index (κ3) is 7.72. The van der Waals surface area contributed by atoms with E-state index in [1.54, 1.807) is 29.5 Å². The van der Waals surface area contributed by atoms with Crippen molar-refractivity contribution >= 4 is 17.2 Å². The average molecular weight is 525 g/mol. The molecule has 0 bridgehead atoms. The van der Waals surface area contributed by atoms with Crippen LogP contribution in [0.15, 0.2) is 78.7 Å². The lowest BCUT2D eigenvalue weighted by atomic mass is 10.0. The van der Waals surface area contributed by atoms with Crippen molar-refractivity contribution < 1.29 is 23.8 Å². The summed E-state index contributed by atoms with van der Waals surface area (Å²) in [6.07, 6.45) is 1.79. The van der Waals surface area contributed by atoms with Gasteiger partial charge < -0.3 is 19.5 Å². The molecule has 0 spiro atoms. The summed E-state index contributed by atoms with van der Waals surface area (Å²) in [5, 5.41) is 12.6. The number of carbonyl (C=O) groups excluding carboxylic acids is 1. The van der Waals surface area contributed by atoms with Gasteiger partial charge >= 0.3 is 0 Å². The molecule has 0 aliphatic carbocycles. The number of hydrogen-bond acceptors (Lipinski definition) is 6. The van der Waals surface area contributed by atoms with E-state index in [0.29, 0.717) is 32.0 Å². The van der Waals surface area contributed by atoms with Crippen LogP contribution in [-0.4, -0.2) is 66.3 Å². The van der Waals surface area contributed by atoms with Crippen molar-refractivity contribution in [1.29, 1.82) is 0 Å². The van der Waals surface area contributed by atoms with E-state index in [0.717, 1.165) is 17.5 Å². The van der Waals surface area contributed by atoms with E-state index < -0.39 is 6.10 Å². The van der Waals surface area contributed by atoms with Crippen LogP contribution in [0.2, 0.25) is 0 Å². The molecule has 6 nitrogen and oxygen atoms in total. The second-order valence-corrected chi connectivity index (χ2v) is 10.1. The highest BCUT2D eigenvalue weighted by atomic mass is 32.1. The zero-order valence-electron chi connectivity index (χ0n) is 20.8. The van der Waals surface area contributed by atoms with Gasteiger partial charge in [-0.25, -0.2) is 4.39 Å². The van der Waals surface area contributed by atoms with Crippen LogP contribution >= 0.6 is 11.3 Å². The van der Waals surface area contributed by atoms with Crippen molar-refractivity contribution in [2.45, 2.75) is 25.2 Å². The van der Waals surface area contributed by atoms with Crippen molar-refractivity contribution in [2.75, 3.05) is 39.4 Å². The predicted molar refractivity (Wildman–Crippen MR) is 143 cm³/mol. The minimum absolute atomic E-state index is 0.0381. The largest absolute Gasteiger partial charge is 0.491 e. The number of aliphatic hydroxyl groups excluding tert-OH is 1. The molecule has 0 fully saturated rings. The minimum atomic E-state index is -0.737. The Kier molecular flexibility index (Phi) is 9.85. The predicted octanol–water partition coefficient (Wildman–Crippen LogP) is 4.46. The number of nitrogens with zero attached hydrogens (tertiary/aromatic N) is 2. The van der Waals surface area contributed by atoms with Gasteiger partial charge in [-0.05, 0) is 53.3 Å². The van der Waals surface area contributed by atoms with Gasteiger partial charge in [0.15, 0.2) is 0 Å². The van der Waals surface area contributed by atoms with Gasteiger partial charge in [0, 0.05) is 24.5 Å². The Morgan fingerprint density at radius 2 is 2.00 bits per heavy atom. The Hall–Kier alpha value is -3.04. The molecule has 37 heavy (non-hydrogen) atoms. The molecule has 0 saturated heterocycles. The molecule has 1 N–H and O–H groups in total. The second-order valence-electron chi connectivity index (χ2n) is 9.05. The number of carbonyl (C=O) groups is 1. The summed E-state index contributed by atoms with van der Waals surface area (Å²) >= 11 is 1.69. The fourth-order valence-corrected chi connectivity index (χ4v) is 5.41. The Morgan fingerprint density at radius 3 is 2.76 bits per heavy atom. The Bertz CT molecular complexity index is 1140. The Labute approximate surface area is 221 Å². The molecule has 2 aromatic carbocycles. The van der Waals surface area contributed by atoms with Crippen LogP contribution < -0.4 is 4.74 Å². The topological polar surface area (TPSA) is 62.2 Å². The van der Waals surface area contributed by atoms with Gasteiger partial charge in [-0.2, -0.15) is 0 Å². The molecule has 8 heteroatoms. The first kappa shape index (κ1) is 27.0. The molecule has 4 rings (SSSR count). The smallest absolute Gasteiger partial charge is 0.237 e. The first-order chi connectivity index (χ1) is 18.0. The Morgan fingerprint density at radius 1 is 1.22 bits per heavy atom. The van der Waals surface area contributed by atoms with Crippen LogP contribution in [0.3, 0.4) is 0 Å². The number of thiophene rings is 1. The molecule has 3 aromatic rings. The molecule has 1 amide bonds. The van der Waals surface area contributed by atoms with Crippen LogP contribution in [0, 0.1) is 5.82 Å². The summed E-state index contributed by atoms with van der Waals surface area (Å²) < 4.78 is 24.9. The van der Waals surface area contributed by atoms with Crippen LogP contribution in [-0.2, 0) is 22.6 Å². The maximum Gasteiger partial charge on any atom is 0.237 e. The molecule has 2 atom stereocenters. The highest BCUT2D eigenvalue weighted by molar-refractivity contribution is 7.10. The Balaban J connectivity index is 1.35. The van der Waals surface area contributed by atoms with Crippen molar-refractivity contribution in [3.63, 3.8) is 0 Å². The number of amides is 1. The molecule has 0 saturated carbocycles. The number of hydrogen-bond donors (Lipinski definition) is 1. The molecule has 0 radical (unpaired) electrons. The second kappa shape index (κ2) is 13.5. The van der Waals surface area contributed by atoms with Gasteiger partial charge in [-0.3, -0.25) is 9.69 Å². The van der Waals surface area contributed by atoms with Gasteiger partial charge in [0.2, 0.25) is 5.91 Å². The van der Waals surface area contributed by atoms with Crippen molar-refractivity contribution in [3.05, 3.63) is 101 Å². The van der Waals surface area contributed by atoms with Crippen LogP contribution in [0.1, 0.15) is 22.0 Å². The first-order valence-electron chi connectivity index (χ1n) is 12.4. The summed E-state index contributed by atoms with van der Waals surface area (Å²) in [6.45, 7) is 6.18. The van der Waals surface area contributed by atoms with Crippen LogP contribution in [0.4, 0.5) is 4.39 Å². The van der Waals surface area contributed by atoms with Gasteiger partial charge in [0.25, 0.3) is 0 Å². The van der Waals surface area contributed by atoms with Gasteiger partial charge in [-0.15, -0.1) is 17.9 Å². The molecule has 1 aliphatic rings. The van der Waals surface area contributed by atoms with Gasteiger partial charge in [-0.1, -0.05) is 36.4 Å². The summed E-state index contributed by atoms with van der Waals surface area (Å²) in [4.78, 5) is 18.5. The fraction of sp³-hybridized carbons (Fsp3) is 0.345. The zero-order valence-corrected chi connectivity index (χ0v) is 21.6. The third-order valence-electron chi connectivity index (χ3n) is 6.27. The highest BCUT2D eigenvalue weighted by Gasteiger charge is 2.33. The standard InChI is InChI=1S/C29H33FN2O4S/c1-2-14-31(17-24(33)20-35-19-22-6-4-3-5-7-22)18-29(34)32-15-12-28-26(13-16-37-28)27(32)21-36-25-10-8-23(30)9-11-25/h2-11,13,16,24,27,33H,1,12,14-15,17-21H2/t24-,27-/m0/s1. The maximum absolute atomic E-state index is 13.5. The van der Waals surface area contributed by atoms with Crippen molar-refractivity contribution in [2.24, 2.45) is 0 Å². The minimum Gasteiger partial charge on any atom is -0.491 e. The maximum atomic E-state index is 13.5. The average Bonchev–Trinajstić information content (AvgIpc) is 3.38. The molecule has 196 valence electrons. The summed E-state index contributed by atoms with van der Waals surface area (Å²) in [6, 6.07) is 17.5. The van der Waals surface area contributed by atoms with E-state index in [4.69, 9.17) is 9.47 Å². The lowest BCUT2D eigenvalue weighted by Crippen LogP contribution is -2.48. The molecular formula is C29H33FN2O4S. The lowest BCUT2D eigenvalue weighted by molar-refractivity contribution is -0.136. The number of ether oxygens (including phenoxy) is 2. The highest BCUT2D eigenvalue weighted by Crippen LogP contribution is 2.34. The molecule has 2 heterocycles. The normalized spacial score (nSPS) is 15.9. The summed E-state index contributed by atoms with van der Waals surface area (Å²) in [7, 11) is 0. The zero-order chi connectivity index (χ0) is 26.0. The third-order valence-corrected chi connectivity index (χ3v) is 7.27. The molecular weight excluding hydrogens is 491 g/mol. The lowest BCUT2D eigenvalue weighted by Gasteiger charge is -2.37. The van der Waals surface area contributed by atoms with E-state index in [9.17, 15) is 14.3 Å². The van der Waals surface area contributed by atoms with E-state index in [-0.39, 0.29) is 37.5 Å². The SMILES string of the molecule is C=CCN(CC(=O)N1CCc2sccc2[C@@H]1COc1ccc(F)cc1)C[C@H](O)COCc1ccccc1. The van der Waals surface area contributed by atoms with Crippen molar-refractivity contribution in [3.8, 4) is 5.75 Å². The summed E-state index contributed by atoms with van der Waals surface area (Å²) in [5.41, 5.74) is 2.14. The van der Waals surface area contributed by atoms with Gasteiger partial charge in [0.05, 0.1) is 31.9 Å². The van der Waals surface area contributed by atoms with Crippen LogP contribution in [0.25, 0.3) is 0 Å². The number of rotatable bonds is 13. The first-order valence-corrected chi connectivity index (χ1v) is 13.3. The number of fused-ring (bicyclic) bond motifs is 1. The number of benzene rings is 2.